The van der Waals surface area contributed by atoms with Gasteiger partial charge in [-0.05, 0) is 0 Å². The Labute approximate surface area is 84.9 Å². The molecule has 0 aliphatic carbocycles. The van der Waals surface area contributed by atoms with Crippen LogP contribution in [0.4, 0.5) is 0 Å². The molecule has 0 aliphatic rings. The molecule has 1 rings (SSSR count). The number of aromatic nitrogens is 2. The van der Waals surface area contributed by atoms with E-state index < -0.39 is 12.0 Å². The molecular weight excluding hydrogens is 343 g/mol. The minimum atomic E-state index is -1.01. The molecule has 1 aromatic rings. The summed E-state index contributed by atoms with van der Waals surface area (Å²) in [5.41, 5.74) is 5.92. The Kier molecular flexibility index (Phi) is 4.84. The number of carboxylic acids is 1. The van der Waals surface area contributed by atoms with Crippen LogP contribution >= 0.6 is 0 Å². The molecule has 0 aromatic carbocycles. The minimum Gasteiger partial charge on any atom is -0.480 e. The number of nitrogens with zero attached hydrogens (tertiary/aromatic N) is 1. The second kappa shape index (κ2) is 5.10. The average Bonchev–Trinajstić information content (AvgIpc) is 2.39. The molecule has 0 fully saturated rings. The van der Waals surface area contributed by atoms with Gasteiger partial charge in [-0.1, -0.05) is 0 Å². The van der Waals surface area contributed by atoms with Gasteiger partial charge in [0.1, 0.15) is 6.04 Å². The van der Waals surface area contributed by atoms with Crippen LogP contribution in [-0.4, -0.2) is 27.1 Å². The van der Waals surface area contributed by atoms with Crippen LogP contribution in [0.15, 0.2) is 12.5 Å². The maximum Gasteiger partial charge on any atom is 0.320 e. The predicted octanol–water partition coefficient (Wildman–Crippen LogP) is -0.638. The van der Waals surface area contributed by atoms with Crippen LogP contribution in [0.5, 0.6) is 0 Å². The molecular formula is C6H9AuN3O2. The standard InChI is InChI=1S/C6H9N3O2.Au/c7-5(6(10)11)1-4-2-8-3-9-4;/h2-3,5H,1,7H2,(H,8,9)(H,10,11);/t5-;/m0./s1. The second-order valence-corrected chi connectivity index (χ2v) is 2.21. The molecule has 1 aromatic heterocycles. The normalized spacial score (nSPS) is 11.8. The van der Waals surface area contributed by atoms with E-state index in [4.69, 9.17) is 10.8 Å². The minimum absolute atomic E-state index is 0. The molecule has 0 amide bonds. The summed E-state index contributed by atoms with van der Waals surface area (Å²) in [5.74, 6) is -1.01. The maximum absolute atomic E-state index is 10.3. The van der Waals surface area contributed by atoms with Crippen LogP contribution in [-0.2, 0) is 33.6 Å². The fourth-order valence-electron chi connectivity index (χ4n) is 0.715. The molecule has 0 saturated carbocycles. The van der Waals surface area contributed by atoms with Crippen LogP contribution in [0, 0.1) is 0 Å². The van der Waals surface area contributed by atoms with Crippen LogP contribution < -0.4 is 5.73 Å². The van der Waals surface area contributed by atoms with Crippen LogP contribution in [0.25, 0.3) is 0 Å². The Bertz CT molecular complexity index is 237. The number of nitrogens with two attached hydrogens (primary N) is 1. The molecule has 0 aliphatic heterocycles. The first-order valence-electron chi connectivity index (χ1n) is 3.16. The van der Waals surface area contributed by atoms with E-state index in [1.165, 1.54) is 6.33 Å². The predicted molar refractivity (Wildman–Crippen MR) is 37.9 cm³/mol. The number of nitrogens with one attached hydrogen (secondary N) is 1. The molecule has 12 heavy (non-hydrogen) atoms. The number of hydrogen-bond acceptors (Lipinski definition) is 3. The van der Waals surface area contributed by atoms with Gasteiger partial charge in [-0.2, -0.15) is 0 Å². The first-order valence-corrected chi connectivity index (χ1v) is 3.16. The summed E-state index contributed by atoms with van der Waals surface area (Å²) in [5, 5.41) is 8.42. The Balaban J connectivity index is 0.00000121. The average molecular weight is 352 g/mol. The molecule has 6 heteroatoms. The first-order chi connectivity index (χ1) is 5.20. The van der Waals surface area contributed by atoms with Gasteiger partial charge in [-0.25, -0.2) is 4.98 Å². The molecule has 0 spiro atoms. The van der Waals surface area contributed by atoms with Gasteiger partial charge in [-0.3, -0.25) is 4.79 Å². The van der Waals surface area contributed by atoms with Crippen molar-refractivity contribution in [2.24, 2.45) is 5.73 Å². The van der Waals surface area contributed by atoms with E-state index in [0.717, 1.165) is 0 Å². The monoisotopic (exact) mass is 352 g/mol. The van der Waals surface area contributed by atoms with Crippen molar-refractivity contribution < 1.29 is 32.3 Å². The van der Waals surface area contributed by atoms with Crippen LogP contribution in [0.1, 0.15) is 5.69 Å². The van der Waals surface area contributed by atoms with Crippen molar-refractivity contribution in [2.75, 3.05) is 0 Å². The Morgan fingerprint density at radius 2 is 2.50 bits per heavy atom. The third-order valence-corrected chi connectivity index (χ3v) is 1.30. The number of carbonyl (C=O) groups is 1. The van der Waals surface area contributed by atoms with Gasteiger partial charge in [-0.15, -0.1) is 0 Å². The summed E-state index contributed by atoms with van der Waals surface area (Å²) in [7, 11) is 0. The quantitative estimate of drug-likeness (QED) is 0.632. The first kappa shape index (κ1) is 11.4. The number of imidazole rings is 1. The largest absolute Gasteiger partial charge is 0.480 e. The van der Waals surface area contributed by atoms with E-state index in [-0.39, 0.29) is 28.8 Å². The third kappa shape index (κ3) is 3.19. The Hall–Kier alpha value is -0.620. The van der Waals surface area contributed by atoms with Crippen molar-refractivity contribution in [3.63, 3.8) is 0 Å². The number of aliphatic carboxylic acids is 1. The topological polar surface area (TPSA) is 92.0 Å². The molecule has 0 bridgehead atoms. The number of hydrogen-bond donors (Lipinski definition) is 3. The molecule has 0 unspecified atom stereocenters. The third-order valence-electron chi connectivity index (χ3n) is 1.30. The Morgan fingerprint density at radius 1 is 1.83 bits per heavy atom. The van der Waals surface area contributed by atoms with Crippen molar-refractivity contribution in [2.45, 2.75) is 12.5 Å². The van der Waals surface area contributed by atoms with Gasteiger partial charge < -0.3 is 15.8 Å². The second-order valence-electron chi connectivity index (χ2n) is 2.21. The number of rotatable bonds is 3. The van der Waals surface area contributed by atoms with Crippen molar-refractivity contribution in [3.8, 4) is 0 Å². The summed E-state index contributed by atoms with van der Waals surface area (Å²) in [6, 6.07) is -0.863. The van der Waals surface area contributed by atoms with E-state index in [0.29, 0.717) is 5.69 Å². The van der Waals surface area contributed by atoms with Crippen LogP contribution in [0.2, 0.25) is 0 Å². The molecule has 5 nitrogen and oxygen atoms in total. The Morgan fingerprint density at radius 3 is 2.92 bits per heavy atom. The summed E-state index contributed by atoms with van der Waals surface area (Å²) in [6.07, 6.45) is 3.38. The summed E-state index contributed by atoms with van der Waals surface area (Å²) in [6.45, 7) is 0. The molecule has 1 atom stereocenters. The van der Waals surface area contributed by atoms with Crippen molar-refractivity contribution in [3.05, 3.63) is 18.2 Å². The van der Waals surface area contributed by atoms with Crippen molar-refractivity contribution >= 4 is 5.97 Å². The number of aromatic amines is 1. The van der Waals surface area contributed by atoms with E-state index in [1.54, 1.807) is 6.20 Å². The molecule has 0 saturated heterocycles. The van der Waals surface area contributed by atoms with Crippen molar-refractivity contribution in [1.29, 1.82) is 0 Å². The van der Waals surface area contributed by atoms with Gasteiger partial charge in [0.15, 0.2) is 0 Å². The zero-order chi connectivity index (χ0) is 8.27. The van der Waals surface area contributed by atoms with Crippen LogP contribution in [0.3, 0.4) is 0 Å². The SMILES string of the molecule is N[C@@H](Cc1c[nH]cn1)C(=O)O.[Au]. The summed E-state index contributed by atoms with van der Waals surface area (Å²) >= 11 is 0. The summed E-state index contributed by atoms with van der Waals surface area (Å²) < 4.78 is 0. The van der Waals surface area contributed by atoms with E-state index in [9.17, 15) is 4.79 Å². The van der Waals surface area contributed by atoms with Gasteiger partial charge in [0, 0.05) is 35.0 Å². The molecule has 1 radical (unpaired) electrons. The fraction of sp³-hybridized carbons (Fsp3) is 0.333. The fourth-order valence-corrected chi connectivity index (χ4v) is 0.715. The van der Waals surface area contributed by atoms with Gasteiger partial charge in [0.05, 0.1) is 12.0 Å². The summed E-state index contributed by atoms with van der Waals surface area (Å²) in [4.78, 5) is 16.8. The zero-order valence-corrected chi connectivity index (χ0v) is 8.29. The molecule has 4 N–H and O–H groups in total. The maximum atomic E-state index is 10.3. The van der Waals surface area contributed by atoms with E-state index >= 15 is 0 Å². The van der Waals surface area contributed by atoms with Gasteiger partial charge >= 0.3 is 5.97 Å². The van der Waals surface area contributed by atoms with Gasteiger partial charge in [0.25, 0.3) is 0 Å². The number of carboxylic acid groups (broad SMARTS) is 1. The van der Waals surface area contributed by atoms with Gasteiger partial charge in [0.2, 0.25) is 0 Å². The van der Waals surface area contributed by atoms with E-state index in [2.05, 4.69) is 9.97 Å². The number of H-pyrrole nitrogens is 1. The van der Waals surface area contributed by atoms with E-state index in [1.807, 2.05) is 0 Å². The molecule has 71 valence electrons. The molecule has 1 heterocycles. The van der Waals surface area contributed by atoms with Crippen molar-refractivity contribution in [1.82, 2.24) is 9.97 Å². The smallest absolute Gasteiger partial charge is 0.320 e. The zero-order valence-electron chi connectivity index (χ0n) is 6.12.